The molecule has 0 saturated heterocycles. The van der Waals surface area contributed by atoms with Gasteiger partial charge in [-0.25, -0.2) is 9.97 Å². The summed E-state index contributed by atoms with van der Waals surface area (Å²) in [5.74, 6) is 0.654. The van der Waals surface area contributed by atoms with E-state index in [0.717, 1.165) is 11.0 Å². The Bertz CT molecular complexity index is 469. The van der Waals surface area contributed by atoms with Gasteiger partial charge in [-0.15, -0.1) is 11.3 Å². The number of likely N-dealkylation sites (N-methyl/N-ethyl adjacent to an activating group) is 1. The molecule has 0 aromatic carbocycles. The van der Waals surface area contributed by atoms with Crippen molar-refractivity contribution < 1.29 is 0 Å². The molecule has 0 aliphatic carbocycles. The van der Waals surface area contributed by atoms with Crippen molar-refractivity contribution in [2.24, 2.45) is 0 Å². The van der Waals surface area contributed by atoms with Crippen LogP contribution in [-0.4, -0.2) is 35.5 Å². The second kappa shape index (κ2) is 6.26. The summed E-state index contributed by atoms with van der Waals surface area (Å²) in [6.07, 6.45) is 3.48. The van der Waals surface area contributed by atoms with Crippen molar-refractivity contribution in [3.63, 3.8) is 0 Å². The zero-order valence-electron chi connectivity index (χ0n) is 10.3. The third-order valence-electron chi connectivity index (χ3n) is 2.57. The van der Waals surface area contributed by atoms with Crippen LogP contribution in [0.15, 0.2) is 34.4 Å². The Labute approximate surface area is 119 Å². The van der Waals surface area contributed by atoms with Crippen molar-refractivity contribution >= 4 is 33.2 Å². The standard InChI is InChI=1S/C12H15BrN4S/c1-17(2)10(11-4-3-5-18-11)8-16-12-14-6-9(13)7-15-12/h3-7,10H,8H2,1-2H3,(H,14,15,16). The molecule has 6 heteroatoms. The summed E-state index contributed by atoms with van der Waals surface area (Å²) in [6.45, 7) is 0.787. The van der Waals surface area contributed by atoms with Gasteiger partial charge in [0.2, 0.25) is 5.95 Å². The molecule has 0 aliphatic heterocycles. The predicted octanol–water partition coefficient (Wildman–Crippen LogP) is 3.02. The minimum atomic E-state index is 0.331. The molecular weight excluding hydrogens is 312 g/mol. The highest BCUT2D eigenvalue weighted by molar-refractivity contribution is 9.10. The van der Waals surface area contributed by atoms with Gasteiger partial charge >= 0.3 is 0 Å². The van der Waals surface area contributed by atoms with Crippen molar-refractivity contribution in [1.82, 2.24) is 14.9 Å². The number of halogens is 1. The fourth-order valence-electron chi connectivity index (χ4n) is 1.61. The zero-order chi connectivity index (χ0) is 13.0. The molecule has 0 amide bonds. The van der Waals surface area contributed by atoms with Gasteiger partial charge in [-0.1, -0.05) is 6.07 Å². The molecule has 0 fully saturated rings. The number of hydrogen-bond donors (Lipinski definition) is 1. The first-order chi connectivity index (χ1) is 8.66. The van der Waals surface area contributed by atoms with Crippen molar-refractivity contribution in [3.8, 4) is 0 Å². The van der Waals surface area contributed by atoms with Crippen LogP contribution in [0.3, 0.4) is 0 Å². The van der Waals surface area contributed by atoms with Crippen molar-refractivity contribution in [1.29, 1.82) is 0 Å². The number of hydrogen-bond acceptors (Lipinski definition) is 5. The van der Waals surface area contributed by atoms with Gasteiger partial charge in [0.1, 0.15) is 0 Å². The quantitative estimate of drug-likeness (QED) is 0.917. The third-order valence-corrected chi connectivity index (χ3v) is 3.95. The Balaban J connectivity index is 2.00. The van der Waals surface area contributed by atoms with E-state index in [4.69, 9.17) is 0 Å². The first-order valence-electron chi connectivity index (χ1n) is 5.58. The lowest BCUT2D eigenvalue weighted by atomic mass is 10.2. The molecule has 0 aliphatic rings. The van der Waals surface area contributed by atoms with Crippen LogP contribution in [0.1, 0.15) is 10.9 Å². The average Bonchev–Trinajstić information content (AvgIpc) is 2.85. The Morgan fingerprint density at radius 1 is 1.39 bits per heavy atom. The average molecular weight is 327 g/mol. The van der Waals surface area contributed by atoms with E-state index >= 15 is 0 Å². The van der Waals surface area contributed by atoms with Gasteiger partial charge in [0.05, 0.1) is 10.5 Å². The zero-order valence-corrected chi connectivity index (χ0v) is 12.7. The summed E-state index contributed by atoms with van der Waals surface area (Å²) >= 11 is 5.09. The summed E-state index contributed by atoms with van der Waals surface area (Å²) in [4.78, 5) is 11.9. The molecule has 1 N–H and O–H groups in total. The van der Waals surface area contributed by atoms with Crippen molar-refractivity contribution in [3.05, 3.63) is 39.3 Å². The van der Waals surface area contributed by atoms with Crippen LogP contribution in [0, 0.1) is 0 Å². The van der Waals surface area contributed by atoms with Crippen LogP contribution in [0.5, 0.6) is 0 Å². The minimum absolute atomic E-state index is 0.331. The summed E-state index contributed by atoms with van der Waals surface area (Å²) in [5.41, 5.74) is 0. The minimum Gasteiger partial charge on any atom is -0.352 e. The lowest BCUT2D eigenvalue weighted by molar-refractivity contribution is 0.316. The van der Waals surface area contributed by atoms with E-state index in [2.05, 4.69) is 67.7 Å². The molecule has 18 heavy (non-hydrogen) atoms. The Kier molecular flexibility index (Phi) is 4.68. The largest absolute Gasteiger partial charge is 0.352 e. The highest BCUT2D eigenvalue weighted by atomic mass is 79.9. The molecule has 96 valence electrons. The summed E-state index contributed by atoms with van der Waals surface area (Å²) in [6, 6.07) is 4.56. The van der Waals surface area contributed by atoms with E-state index in [1.165, 1.54) is 4.88 Å². The molecule has 0 bridgehead atoms. The first-order valence-corrected chi connectivity index (χ1v) is 7.25. The van der Waals surface area contributed by atoms with Gasteiger partial charge in [0.15, 0.2) is 0 Å². The predicted molar refractivity (Wildman–Crippen MR) is 79.0 cm³/mol. The number of nitrogens with zero attached hydrogens (tertiary/aromatic N) is 3. The first kappa shape index (κ1) is 13.5. The second-order valence-corrected chi connectivity index (χ2v) is 6.00. The summed E-state index contributed by atoms with van der Waals surface area (Å²) in [5, 5.41) is 5.36. The van der Waals surface area contributed by atoms with Crippen molar-refractivity contribution in [2.45, 2.75) is 6.04 Å². The number of nitrogens with one attached hydrogen (secondary N) is 1. The molecule has 2 aromatic rings. The van der Waals surface area contributed by atoms with E-state index in [1.807, 2.05) is 0 Å². The SMILES string of the molecule is CN(C)C(CNc1ncc(Br)cn1)c1cccs1. The fourth-order valence-corrected chi connectivity index (χ4v) is 2.74. The number of anilines is 1. The van der Waals surface area contributed by atoms with E-state index < -0.39 is 0 Å². The number of rotatable bonds is 5. The smallest absolute Gasteiger partial charge is 0.222 e. The summed E-state index contributed by atoms with van der Waals surface area (Å²) in [7, 11) is 4.16. The van der Waals surface area contributed by atoms with Crippen LogP contribution in [0.4, 0.5) is 5.95 Å². The molecule has 0 spiro atoms. The molecular formula is C12H15BrN4S. The van der Waals surface area contributed by atoms with Crippen LogP contribution >= 0.6 is 27.3 Å². The van der Waals surface area contributed by atoms with Crippen LogP contribution in [0.25, 0.3) is 0 Å². The van der Waals surface area contributed by atoms with Crippen LogP contribution < -0.4 is 5.32 Å². The van der Waals surface area contributed by atoms with Gasteiger partial charge in [-0.3, -0.25) is 0 Å². The lowest BCUT2D eigenvalue weighted by Crippen LogP contribution is -2.26. The highest BCUT2D eigenvalue weighted by Gasteiger charge is 2.15. The van der Waals surface area contributed by atoms with Gasteiger partial charge < -0.3 is 10.2 Å². The van der Waals surface area contributed by atoms with Crippen molar-refractivity contribution in [2.75, 3.05) is 26.0 Å². The normalized spacial score (nSPS) is 12.7. The Hall–Kier alpha value is -0.980. The molecule has 4 nitrogen and oxygen atoms in total. The van der Waals surface area contributed by atoms with Gasteiger partial charge in [0.25, 0.3) is 0 Å². The molecule has 1 unspecified atom stereocenters. The topological polar surface area (TPSA) is 41.0 Å². The van der Waals surface area contributed by atoms with Gasteiger partial charge in [-0.2, -0.15) is 0 Å². The molecule has 1 atom stereocenters. The maximum atomic E-state index is 4.21. The monoisotopic (exact) mass is 326 g/mol. The molecule has 0 radical (unpaired) electrons. The second-order valence-electron chi connectivity index (χ2n) is 4.10. The van der Waals surface area contributed by atoms with Gasteiger partial charge in [-0.05, 0) is 41.5 Å². The van der Waals surface area contributed by atoms with E-state index in [1.54, 1.807) is 23.7 Å². The fraction of sp³-hybridized carbons (Fsp3) is 0.333. The number of aromatic nitrogens is 2. The molecule has 2 rings (SSSR count). The van der Waals surface area contributed by atoms with E-state index in [9.17, 15) is 0 Å². The van der Waals surface area contributed by atoms with Crippen LogP contribution in [0.2, 0.25) is 0 Å². The molecule has 2 aromatic heterocycles. The summed E-state index contributed by atoms with van der Waals surface area (Å²) < 4.78 is 0.885. The Morgan fingerprint density at radius 3 is 2.67 bits per heavy atom. The molecule has 2 heterocycles. The maximum Gasteiger partial charge on any atom is 0.222 e. The van der Waals surface area contributed by atoms with Gasteiger partial charge in [0, 0.05) is 23.8 Å². The lowest BCUT2D eigenvalue weighted by Gasteiger charge is -2.23. The highest BCUT2D eigenvalue weighted by Crippen LogP contribution is 2.23. The van der Waals surface area contributed by atoms with E-state index in [0.29, 0.717) is 12.0 Å². The molecule has 0 saturated carbocycles. The van der Waals surface area contributed by atoms with Crippen LogP contribution in [-0.2, 0) is 0 Å². The maximum absolute atomic E-state index is 4.21. The Morgan fingerprint density at radius 2 is 2.11 bits per heavy atom. The third kappa shape index (κ3) is 3.51. The van der Waals surface area contributed by atoms with E-state index in [-0.39, 0.29) is 0 Å². The number of thiophene rings is 1.